The third-order valence-corrected chi connectivity index (χ3v) is 4.19. The number of benzene rings is 2. The summed E-state index contributed by atoms with van der Waals surface area (Å²) in [7, 11) is 0. The lowest BCUT2D eigenvalue weighted by Gasteiger charge is -2.07. The molecule has 0 heterocycles. The molecule has 0 amide bonds. The zero-order valence-electron chi connectivity index (χ0n) is 11.2. The first-order chi connectivity index (χ1) is 9.49. The van der Waals surface area contributed by atoms with Gasteiger partial charge in [0.15, 0.2) is 0 Å². The molecule has 0 aliphatic rings. The lowest BCUT2D eigenvalue weighted by molar-refractivity contribution is -0.387. The Bertz CT molecular complexity index is 658. The maximum absolute atomic E-state index is 14.0. The third kappa shape index (κ3) is 3.17. The summed E-state index contributed by atoms with van der Waals surface area (Å²) in [6, 6.07) is 10.4. The van der Waals surface area contributed by atoms with Gasteiger partial charge in [0.2, 0.25) is 5.82 Å². The van der Waals surface area contributed by atoms with Crippen molar-refractivity contribution in [2.45, 2.75) is 24.5 Å². The van der Waals surface area contributed by atoms with Gasteiger partial charge in [0.1, 0.15) is 0 Å². The number of nitro groups is 1. The van der Waals surface area contributed by atoms with Crippen molar-refractivity contribution in [3.05, 3.63) is 69.0 Å². The van der Waals surface area contributed by atoms with E-state index in [1.165, 1.54) is 23.9 Å². The molecule has 3 nitrogen and oxygen atoms in total. The van der Waals surface area contributed by atoms with Crippen molar-refractivity contribution >= 4 is 17.4 Å². The van der Waals surface area contributed by atoms with Crippen LogP contribution in [0, 0.1) is 29.8 Å². The SMILES string of the molecule is Cc1ccc(C)c(SCc2cccc([N+](=O)[O-])c2F)c1. The molecule has 0 aromatic heterocycles. The number of nitro benzene ring substituents is 1. The van der Waals surface area contributed by atoms with E-state index >= 15 is 0 Å². The maximum atomic E-state index is 14.0. The molecule has 0 N–H and O–H groups in total. The molecule has 0 fully saturated rings. The van der Waals surface area contributed by atoms with Crippen LogP contribution in [0.5, 0.6) is 0 Å². The molecule has 5 heteroatoms. The van der Waals surface area contributed by atoms with Crippen LogP contribution in [-0.2, 0) is 5.75 Å². The molecule has 2 aromatic rings. The van der Waals surface area contributed by atoms with E-state index in [2.05, 4.69) is 0 Å². The Kier molecular flexibility index (Phi) is 4.39. The number of rotatable bonds is 4. The smallest absolute Gasteiger partial charge is 0.258 e. The first-order valence-electron chi connectivity index (χ1n) is 6.11. The fourth-order valence-corrected chi connectivity index (χ4v) is 2.94. The molecule has 2 rings (SSSR count). The fraction of sp³-hybridized carbons (Fsp3) is 0.200. The van der Waals surface area contributed by atoms with Gasteiger partial charge in [-0.15, -0.1) is 11.8 Å². The first-order valence-corrected chi connectivity index (χ1v) is 7.09. The van der Waals surface area contributed by atoms with Crippen molar-refractivity contribution in [2.75, 3.05) is 0 Å². The molecule has 20 heavy (non-hydrogen) atoms. The maximum Gasteiger partial charge on any atom is 0.305 e. The summed E-state index contributed by atoms with van der Waals surface area (Å²) >= 11 is 1.49. The van der Waals surface area contributed by atoms with Crippen LogP contribution in [0.25, 0.3) is 0 Å². The second kappa shape index (κ2) is 6.05. The van der Waals surface area contributed by atoms with Crippen LogP contribution in [0.3, 0.4) is 0 Å². The summed E-state index contributed by atoms with van der Waals surface area (Å²) in [5.41, 5.74) is 2.14. The van der Waals surface area contributed by atoms with Crippen LogP contribution in [0.1, 0.15) is 16.7 Å². The van der Waals surface area contributed by atoms with Gasteiger partial charge in [-0.25, -0.2) is 0 Å². The monoisotopic (exact) mass is 291 g/mol. The number of nitrogens with zero attached hydrogens (tertiary/aromatic N) is 1. The molecule has 0 aliphatic heterocycles. The number of halogens is 1. The van der Waals surface area contributed by atoms with Crippen LogP contribution in [0.15, 0.2) is 41.3 Å². The number of thioether (sulfide) groups is 1. The van der Waals surface area contributed by atoms with Crippen molar-refractivity contribution in [3.8, 4) is 0 Å². The van der Waals surface area contributed by atoms with Crippen molar-refractivity contribution in [1.82, 2.24) is 0 Å². The quantitative estimate of drug-likeness (QED) is 0.468. The standard InChI is InChI=1S/C15H14FNO2S/c1-10-6-7-11(2)14(8-10)20-9-12-4-3-5-13(15(12)16)17(18)19/h3-8H,9H2,1-2H3. The van der Waals surface area contributed by atoms with Crippen molar-refractivity contribution < 1.29 is 9.31 Å². The van der Waals surface area contributed by atoms with Crippen molar-refractivity contribution in [1.29, 1.82) is 0 Å². The van der Waals surface area contributed by atoms with E-state index in [1.54, 1.807) is 6.07 Å². The minimum absolute atomic E-state index is 0.352. The van der Waals surface area contributed by atoms with E-state index in [-0.39, 0.29) is 0 Å². The Balaban J connectivity index is 2.21. The van der Waals surface area contributed by atoms with E-state index in [1.807, 2.05) is 32.0 Å². The molecule has 0 atom stereocenters. The largest absolute Gasteiger partial charge is 0.305 e. The summed E-state index contributed by atoms with van der Waals surface area (Å²) in [6.07, 6.45) is 0. The molecule has 0 spiro atoms. The summed E-state index contributed by atoms with van der Waals surface area (Å²) in [4.78, 5) is 11.1. The molecule has 0 aliphatic carbocycles. The van der Waals surface area contributed by atoms with Gasteiger partial charge in [0.25, 0.3) is 0 Å². The number of hydrogen-bond donors (Lipinski definition) is 0. The number of aryl methyl sites for hydroxylation is 2. The summed E-state index contributed by atoms with van der Waals surface area (Å²) in [5, 5.41) is 10.7. The minimum atomic E-state index is -0.740. The van der Waals surface area contributed by atoms with Crippen molar-refractivity contribution in [2.24, 2.45) is 0 Å². The molecule has 2 aromatic carbocycles. The molecule has 0 saturated carbocycles. The second-order valence-electron chi connectivity index (χ2n) is 4.56. The van der Waals surface area contributed by atoms with Gasteiger partial charge in [-0.3, -0.25) is 10.1 Å². The molecular formula is C15H14FNO2S. The molecule has 0 bridgehead atoms. The first kappa shape index (κ1) is 14.5. The number of hydrogen-bond acceptors (Lipinski definition) is 3. The van der Waals surface area contributed by atoms with Gasteiger partial charge >= 0.3 is 5.69 Å². The Morgan fingerprint density at radius 2 is 2.00 bits per heavy atom. The Labute approximate surface area is 121 Å². The zero-order valence-corrected chi connectivity index (χ0v) is 12.0. The molecule has 0 radical (unpaired) electrons. The highest BCUT2D eigenvalue weighted by atomic mass is 32.2. The van der Waals surface area contributed by atoms with E-state index in [0.717, 1.165) is 16.0 Å². The van der Waals surface area contributed by atoms with Gasteiger partial charge in [-0.2, -0.15) is 4.39 Å². The molecule has 0 saturated heterocycles. The Morgan fingerprint density at radius 3 is 2.70 bits per heavy atom. The van der Waals surface area contributed by atoms with E-state index < -0.39 is 16.4 Å². The Morgan fingerprint density at radius 1 is 1.25 bits per heavy atom. The van der Waals surface area contributed by atoms with Crippen LogP contribution in [-0.4, -0.2) is 4.92 Å². The second-order valence-corrected chi connectivity index (χ2v) is 5.58. The molecular weight excluding hydrogens is 277 g/mol. The highest BCUT2D eigenvalue weighted by Crippen LogP contribution is 2.30. The normalized spacial score (nSPS) is 10.6. The molecule has 104 valence electrons. The average molecular weight is 291 g/mol. The van der Waals surface area contributed by atoms with Crippen LogP contribution in [0.4, 0.5) is 10.1 Å². The van der Waals surface area contributed by atoms with Gasteiger partial charge in [-0.1, -0.05) is 29.8 Å². The van der Waals surface area contributed by atoms with Crippen LogP contribution in [0.2, 0.25) is 0 Å². The third-order valence-electron chi connectivity index (χ3n) is 2.98. The van der Waals surface area contributed by atoms with Gasteiger partial charge in [0, 0.05) is 22.3 Å². The van der Waals surface area contributed by atoms with Crippen molar-refractivity contribution in [3.63, 3.8) is 0 Å². The molecule has 0 unspecified atom stereocenters. The van der Waals surface area contributed by atoms with Gasteiger partial charge < -0.3 is 0 Å². The van der Waals surface area contributed by atoms with E-state index in [4.69, 9.17) is 0 Å². The van der Waals surface area contributed by atoms with Crippen LogP contribution < -0.4 is 0 Å². The highest BCUT2D eigenvalue weighted by molar-refractivity contribution is 7.98. The van der Waals surface area contributed by atoms with Crippen LogP contribution >= 0.6 is 11.8 Å². The predicted molar refractivity (Wildman–Crippen MR) is 78.5 cm³/mol. The van der Waals surface area contributed by atoms with Gasteiger partial charge in [-0.05, 0) is 25.5 Å². The topological polar surface area (TPSA) is 43.1 Å². The minimum Gasteiger partial charge on any atom is -0.258 e. The lowest BCUT2D eigenvalue weighted by atomic mass is 10.2. The summed E-state index contributed by atoms with van der Waals surface area (Å²) < 4.78 is 14.0. The lowest BCUT2D eigenvalue weighted by Crippen LogP contribution is -1.96. The predicted octanol–water partition coefficient (Wildman–Crippen LogP) is 4.64. The average Bonchev–Trinajstić information content (AvgIpc) is 2.41. The summed E-state index contributed by atoms with van der Waals surface area (Å²) in [5.74, 6) is -0.368. The zero-order chi connectivity index (χ0) is 14.7. The summed E-state index contributed by atoms with van der Waals surface area (Å²) in [6.45, 7) is 3.99. The van der Waals surface area contributed by atoms with Gasteiger partial charge in [0.05, 0.1) is 4.92 Å². The fourth-order valence-electron chi connectivity index (χ4n) is 1.84. The van der Waals surface area contributed by atoms with E-state index in [0.29, 0.717) is 11.3 Å². The Hall–Kier alpha value is -1.88. The highest BCUT2D eigenvalue weighted by Gasteiger charge is 2.17. The van der Waals surface area contributed by atoms with E-state index in [9.17, 15) is 14.5 Å².